The average molecular weight is 519 g/mol. The normalized spacial score (nSPS) is 14.7. The highest BCUT2D eigenvalue weighted by Crippen LogP contribution is 2.18. The van der Waals surface area contributed by atoms with Gasteiger partial charge >= 0.3 is 0 Å². The van der Waals surface area contributed by atoms with Crippen molar-refractivity contribution < 1.29 is 4.79 Å². The maximum atomic E-state index is 12.7. The molecule has 9 heteroatoms. The SMILES string of the molecule is CCNC(=NCc1ccnc2ccccc12)N1CCN(c2cnn(C)c2)C(=O)C1.I. The van der Waals surface area contributed by atoms with Crippen LogP contribution in [0.2, 0.25) is 0 Å². The topological polar surface area (TPSA) is 78.7 Å². The second-order valence-corrected chi connectivity index (χ2v) is 7.00. The Balaban J connectivity index is 0.00000256. The number of benzene rings is 1. The van der Waals surface area contributed by atoms with Gasteiger partial charge in [-0.25, -0.2) is 4.99 Å². The number of aliphatic imine (C=N–C) groups is 1. The van der Waals surface area contributed by atoms with Crippen LogP contribution in [0.15, 0.2) is 53.9 Å². The summed E-state index contributed by atoms with van der Waals surface area (Å²) in [5, 5.41) is 8.59. The third-order valence-electron chi connectivity index (χ3n) is 5.00. The van der Waals surface area contributed by atoms with Crippen molar-refractivity contribution in [2.24, 2.45) is 12.0 Å². The summed E-state index contributed by atoms with van der Waals surface area (Å²) in [6.45, 7) is 4.91. The van der Waals surface area contributed by atoms with Crippen molar-refractivity contribution in [3.8, 4) is 0 Å². The minimum absolute atomic E-state index is 0. The lowest BCUT2D eigenvalue weighted by molar-refractivity contribution is -0.120. The zero-order chi connectivity index (χ0) is 20.2. The maximum absolute atomic E-state index is 12.7. The van der Waals surface area contributed by atoms with Gasteiger partial charge in [-0.2, -0.15) is 5.10 Å². The first-order valence-corrected chi connectivity index (χ1v) is 9.80. The highest BCUT2D eigenvalue weighted by molar-refractivity contribution is 14.0. The number of pyridine rings is 1. The van der Waals surface area contributed by atoms with E-state index >= 15 is 0 Å². The Morgan fingerprint density at radius 1 is 1.23 bits per heavy atom. The Morgan fingerprint density at radius 2 is 2.07 bits per heavy atom. The number of aryl methyl sites for hydroxylation is 1. The number of amides is 1. The van der Waals surface area contributed by atoms with Crippen LogP contribution in [0.5, 0.6) is 0 Å². The Morgan fingerprint density at radius 3 is 2.80 bits per heavy atom. The van der Waals surface area contributed by atoms with Gasteiger partial charge in [-0.05, 0) is 24.6 Å². The average Bonchev–Trinajstić information content (AvgIpc) is 3.17. The van der Waals surface area contributed by atoms with Gasteiger partial charge in [0.2, 0.25) is 5.91 Å². The number of guanidine groups is 1. The molecule has 0 atom stereocenters. The highest BCUT2D eigenvalue weighted by atomic mass is 127. The van der Waals surface area contributed by atoms with Gasteiger partial charge in [-0.15, -0.1) is 24.0 Å². The van der Waals surface area contributed by atoms with E-state index in [1.165, 1.54) is 0 Å². The van der Waals surface area contributed by atoms with Gasteiger partial charge in [0.15, 0.2) is 5.96 Å². The van der Waals surface area contributed by atoms with Crippen molar-refractivity contribution >= 4 is 52.4 Å². The fraction of sp³-hybridized carbons (Fsp3) is 0.333. The summed E-state index contributed by atoms with van der Waals surface area (Å²) in [6.07, 6.45) is 5.40. The maximum Gasteiger partial charge on any atom is 0.246 e. The van der Waals surface area contributed by atoms with Crippen LogP contribution < -0.4 is 10.2 Å². The molecule has 4 rings (SSSR count). The van der Waals surface area contributed by atoms with Crippen LogP contribution in [-0.2, 0) is 18.4 Å². The van der Waals surface area contributed by atoms with Crippen LogP contribution in [0.4, 0.5) is 5.69 Å². The molecule has 1 amide bonds. The molecule has 1 saturated heterocycles. The van der Waals surface area contributed by atoms with Gasteiger partial charge in [0.05, 0.1) is 23.9 Å². The van der Waals surface area contributed by atoms with E-state index in [-0.39, 0.29) is 36.4 Å². The summed E-state index contributed by atoms with van der Waals surface area (Å²) in [4.78, 5) is 25.7. The van der Waals surface area contributed by atoms with E-state index in [4.69, 9.17) is 4.99 Å². The molecular weight excluding hydrogens is 493 g/mol. The fourth-order valence-electron chi connectivity index (χ4n) is 3.55. The number of carbonyl (C=O) groups is 1. The molecule has 3 heterocycles. The summed E-state index contributed by atoms with van der Waals surface area (Å²) >= 11 is 0. The van der Waals surface area contributed by atoms with Crippen molar-refractivity contribution in [3.63, 3.8) is 0 Å². The van der Waals surface area contributed by atoms with Crippen molar-refractivity contribution in [1.29, 1.82) is 0 Å². The third kappa shape index (κ3) is 4.72. The van der Waals surface area contributed by atoms with E-state index in [9.17, 15) is 4.79 Å². The number of aromatic nitrogens is 3. The fourth-order valence-corrected chi connectivity index (χ4v) is 3.55. The molecular formula is C21H26IN7O. The van der Waals surface area contributed by atoms with Gasteiger partial charge in [-0.1, -0.05) is 18.2 Å². The number of anilines is 1. The quantitative estimate of drug-likeness (QED) is 0.326. The van der Waals surface area contributed by atoms with Crippen LogP contribution in [-0.4, -0.2) is 57.7 Å². The van der Waals surface area contributed by atoms with Gasteiger partial charge < -0.3 is 15.1 Å². The monoisotopic (exact) mass is 519 g/mol. The number of carbonyl (C=O) groups excluding carboxylic acids is 1. The zero-order valence-electron chi connectivity index (χ0n) is 17.2. The zero-order valence-corrected chi connectivity index (χ0v) is 19.5. The molecule has 1 N–H and O–H groups in total. The molecule has 0 spiro atoms. The van der Waals surface area contributed by atoms with E-state index in [1.54, 1.807) is 15.8 Å². The predicted octanol–water partition coefficient (Wildman–Crippen LogP) is 2.40. The van der Waals surface area contributed by atoms with Crippen molar-refractivity contribution in [2.75, 3.05) is 31.1 Å². The van der Waals surface area contributed by atoms with Gasteiger partial charge in [0.1, 0.15) is 6.54 Å². The number of piperazine rings is 1. The second kappa shape index (κ2) is 9.88. The van der Waals surface area contributed by atoms with Crippen LogP contribution >= 0.6 is 24.0 Å². The Bertz CT molecular complexity index is 1040. The Labute approximate surface area is 193 Å². The molecule has 30 heavy (non-hydrogen) atoms. The predicted molar refractivity (Wildman–Crippen MR) is 129 cm³/mol. The molecule has 8 nitrogen and oxygen atoms in total. The number of hydrogen-bond acceptors (Lipinski definition) is 4. The molecule has 3 aromatic rings. The summed E-state index contributed by atoms with van der Waals surface area (Å²) in [6, 6.07) is 10.1. The lowest BCUT2D eigenvalue weighted by Gasteiger charge is -2.35. The van der Waals surface area contributed by atoms with Gasteiger partial charge in [0.25, 0.3) is 0 Å². The summed E-state index contributed by atoms with van der Waals surface area (Å²) in [7, 11) is 1.85. The number of nitrogens with zero attached hydrogens (tertiary/aromatic N) is 6. The first kappa shape index (κ1) is 22.0. The summed E-state index contributed by atoms with van der Waals surface area (Å²) in [5.41, 5.74) is 2.92. The number of rotatable bonds is 4. The van der Waals surface area contributed by atoms with Gasteiger partial charge in [-0.3, -0.25) is 14.5 Å². The van der Waals surface area contributed by atoms with Crippen LogP contribution in [0.1, 0.15) is 12.5 Å². The minimum Gasteiger partial charge on any atom is -0.356 e. The molecule has 0 unspecified atom stereocenters. The molecule has 1 aliphatic rings. The molecule has 0 radical (unpaired) electrons. The molecule has 1 aliphatic heterocycles. The van der Waals surface area contributed by atoms with Gasteiger partial charge in [0, 0.05) is 44.5 Å². The van der Waals surface area contributed by atoms with E-state index in [0.717, 1.165) is 34.7 Å². The van der Waals surface area contributed by atoms with Crippen LogP contribution in [0, 0.1) is 0 Å². The lowest BCUT2D eigenvalue weighted by Crippen LogP contribution is -2.55. The smallest absolute Gasteiger partial charge is 0.246 e. The minimum atomic E-state index is 0. The molecule has 0 aliphatic carbocycles. The Kier molecular flexibility index (Phi) is 7.24. The molecule has 2 aromatic heterocycles. The van der Waals surface area contributed by atoms with Crippen molar-refractivity contribution in [2.45, 2.75) is 13.5 Å². The van der Waals surface area contributed by atoms with E-state index in [0.29, 0.717) is 19.6 Å². The van der Waals surface area contributed by atoms with Crippen LogP contribution in [0.3, 0.4) is 0 Å². The standard InChI is InChI=1S/C21H25N7O.HI/c1-3-22-21(24-12-16-8-9-23-19-7-5-4-6-18(16)19)27-10-11-28(20(29)15-27)17-13-25-26(2)14-17;/h4-9,13-14H,3,10-12,15H2,1-2H3,(H,22,24);1H. The lowest BCUT2D eigenvalue weighted by atomic mass is 10.1. The number of halogens is 1. The number of para-hydroxylation sites is 1. The number of fused-ring (bicyclic) bond motifs is 1. The summed E-state index contributed by atoms with van der Waals surface area (Å²) < 4.78 is 1.71. The molecule has 1 fully saturated rings. The third-order valence-corrected chi connectivity index (χ3v) is 5.00. The molecule has 0 bridgehead atoms. The molecule has 0 saturated carbocycles. The second-order valence-electron chi connectivity index (χ2n) is 7.00. The van der Waals surface area contributed by atoms with E-state index in [1.807, 2.05) is 55.5 Å². The first-order valence-electron chi connectivity index (χ1n) is 9.80. The summed E-state index contributed by atoms with van der Waals surface area (Å²) in [5.74, 6) is 0.803. The molecule has 158 valence electrons. The first-order chi connectivity index (χ1) is 14.2. The van der Waals surface area contributed by atoms with Crippen molar-refractivity contribution in [3.05, 3.63) is 54.5 Å². The number of hydrogen-bond donors (Lipinski definition) is 1. The van der Waals surface area contributed by atoms with E-state index in [2.05, 4.69) is 21.5 Å². The number of nitrogens with one attached hydrogen (secondary N) is 1. The largest absolute Gasteiger partial charge is 0.356 e. The highest BCUT2D eigenvalue weighted by Gasteiger charge is 2.27. The molecule has 1 aromatic carbocycles. The van der Waals surface area contributed by atoms with Crippen molar-refractivity contribution in [1.82, 2.24) is 25.0 Å². The van der Waals surface area contributed by atoms with Crippen LogP contribution in [0.25, 0.3) is 10.9 Å². The Hall–Kier alpha value is -2.69. The van der Waals surface area contributed by atoms with E-state index < -0.39 is 0 Å².